The number of carbonyl (C=O) groups is 2. The quantitative estimate of drug-likeness (QED) is 0.408. The van der Waals surface area contributed by atoms with Crippen LogP contribution in [0.2, 0.25) is 0 Å². The van der Waals surface area contributed by atoms with Gasteiger partial charge in [-0.3, -0.25) is 9.59 Å². The van der Waals surface area contributed by atoms with Gasteiger partial charge in [0.05, 0.1) is 12.3 Å². The van der Waals surface area contributed by atoms with Crippen molar-refractivity contribution in [3.8, 4) is 0 Å². The number of nitrogens with one attached hydrogen (secondary N) is 2. The van der Waals surface area contributed by atoms with Crippen molar-refractivity contribution in [2.45, 2.75) is 19.4 Å². The summed E-state index contributed by atoms with van der Waals surface area (Å²) in [6.07, 6.45) is 2.12. The molecule has 5 nitrogen and oxygen atoms in total. The molecule has 0 aliphatic rings. The second-order valence-corrected chi connectivity index (χ2v) is 7.59. The highest BCUT2D eigenvalue weighted by Crippen LogP contribution is 2.22. The van der Waals surface area contributed by atoms with Gasteiger partial charge in [0.1, 0.15) is 0 Å². The Bertz CT molecular complexity index is 1190. The topological polar surface area (TPSA) is 71.3 Å². The summed E-state index contributed by atoms with van der Waals surface area (Å²) in [5.41, 5.74) is 4.06. The van der Waals surface area contributed by atoms with Crippen LogP contribution in [0.15, 0.2) is 102 Å². The Balaban J connectivity index is 1.54. The van der Waals surface area contributed by atoms with E-state index in [0.717, 1.165) is 16.7 Å². The number of hydrogen-bond donors (Lipinski definition) is 2. The lowest BCUT2D eigenvalue weighted by Crippen LogP contribution is -2.30. The predicted octanol–water partition coefficient (Wildman–Crippen LogP) is 5.55. The fraction of sp³-hybridized carbons (Fsp3) is 0.111. The highest BCUT2D eigenvalue weighted by Gasteiger charge is 2.18. The van der Waals surface area contributed by atoms with Crippen LogP contribution in [0.4, 0.5) is 5.69 Å². The average Bonchev–Trinajstić information content (AvgIpc) is 3.36. The van der Waals surface area contributed by atoms with Gasteiger partial charge in [-0.1, -0.05) is 66.7 Å². The molecule has 2 amide bonds. The second-order valence-electron chi connectivity index (χ2n) is 7.59. The Morgan fingerprint density at radius 2 is 1.56 bits per heavy atom. The zero-order chi connectivity index (χ0) is 22.3. The number of amides is 2. The molecule has 1 aromatic heterocycles. The second kappa shape index (κ2) is 9.79. The average molecular weight is 425 g/mol. The molecule has 0 radical (unpaired) electrons. The Morgan fingerprint density at radius 3 is 2.25 bits per heavy atom. The summed E-state index contributed by atoms with van der Waals surface area (Å²) in [6.45, 7) is 1.88. The summed E-state index contributed by atoms with van der Waals surface area (Å²) in [4.78, 5) is 25.5. The van der Waals surface area contributed by atoms with Gasteiger partial charge in [0, 0.05) is 11.3 Å². The molecule has 0 saturated heterocycles. The first-order chi connectivity index (χ1) is 15.6. The Labute approximate surface area is 187 Å². The van der Waals surface area contributed by atoms with Crippen molar-refractivity contribution in [1.82, 2.24) is 5.32 Å². The molecule has 0 bridgehead atoms. The molecule has 4 aromatic rings. The Hall–Kier alpha value is -4.12. The molecule has 0 aliphatic carbocycles. The van der Waals surface area contributed by atoms with E-state index in [1.807, 2.05) is 61.5 Å². The molecule has 0 fully saturated rings. The standard InChI is InChI=1S/C27H24N2O3/c1-19-14-15-22(18-23(19)28-27(31)25-13-8-16-32-25)26(30)29-24(21-11-6-3-7-12-21)17-20-9-4-2-5-10-20/h2-16,18,24H,17H2,1H3,(H,28,31)(H,29,30)/t24-/m0/s1. The van der Waals surface area contributed by atoms with E-state index in [1.165, 1.54) is 6.26 Å². The number of furan rings is 1. The van der Waals surface area contributed by atoms with E-state index < -0.39 is 0 Å². The molecule has 160 valence electrons. The molecule has 0 aliphatic heterocycles. The lowest BCUT2D eigenvalue weighted by Gasteiger charge is -2.20. The highest BCUT2D eigenvalue weighted by atomic mass is 16.3. The van der Waals surface area contributed by atoms with Crippen LogP contribution in [0.1, 0.15) is 43.6 Å². The molecule has 1 heterocycles. The zero-order valence-corrected chi connectivity index (χ0v) is 17.7. The molecule has 0 unspecified atom stereocenters. The minimum Gasteiger partial charge on any atom is -0.459 e. The van der Waals surface area contributed by atoms with Crippen LogP contribution in [0.25, 0.3) is 0 Å². The van der Waals surface area contributed by atoms with Crippen molar-refractivity contribution in [3.63, 3.8) is 0 Å². The van der Waals surface area contributed by atoms with Crippen molar-refractivity contribution in [3.05, 3.63) is 125 Å². The first-order valence-corrected chi connectivity index (χ1v) is 10.5. The molecule has 4 rings (SSSR count). The summed E-state index contributed by atoms with van der Waals surface area (Å²) >= 11 is 0. The van der Waals surface area contributed by atoms with Crippen LogP contribution in [-0.2, 0) is 6.42 Å². The van der Waals surface area contributed by atoms with Gasteiger partial charge in [-0.25, -0.2) is 0 Å². The zero-order valence-electron chi connectivity index (χ0n) is 17.7. The maximum Gasteiger partial charge on any atom is 0.291 e. The minimum absolute atomic E-state index is 0.187. The van der Waals surface area contributed by atoms with Crippen LogP contribution in [-0.4, -0.2) is 11.8 Å². The number of carbonyl (C=O) groups excluding carboxylic acids is 2. The van der Waals surface area contributed by atoms with Crippen LogP contribution in [0.5, 0.6) is 0 Å². The lowest BCUT2D eigenvalue weighted by molar-refractivity contribution is 0.0935. The summed E-state index contributed by atoms with van der Waals surface area (Å²) in [5, 5.41) is 5.98. The molecule has 3 aromatic carbocycles. The van der Waals surface area contributed by atoms with Gasteiger partial charge >= 0.3 is 0 Å². The van der Waals surface area contributed by atoms with Gasteiger partial charge in [0.2, 0.25) is 0 Å². The summed E-state index contributed by atoms with van der Waals surface area (Å²) in [5.74, 6) is -0.351. The van der Waals surface area contributed by atoms with Crippen molar-refractivity contribution >= 4 is 17.5 Å². The van der Waals surface area contributed by atoms with Crippen LogP contribution in [0, 0.1) is 6.92 Å². The number of benzene rings is 3. The van der Waals surface area contributed by atoms with Crippen molar-refractivity contribution in [2.24, 2.45) is 0 Å². The van der Waals surface area contributed by atoms with Gasteiger partial charge in [-0.2, -0.15) is 0 Å². The predicted molar refractivity (Wildman–Crippen MR) is 125 cm³/mol. The third-order valence-electron chi connectivity index (χ3n) is 5.28. The molecule has 32 heavy (non-hydrogen) atoms. The molecular formula is C27H24N2O3. The van der Waals surface area contributed by atoms with Crippen LogP contribution >= 0.6 is 0 Å². The summed E-state index contributed by atoms with van der Waals surface area (Å²) in [6, 6.07) is 28.3. The fourth-order valence-corrected chi connectivity index (χ4v) is 3.52. The van der Waals surface area contributed by atoms with E-state index in [9.17, 15) is 9.59 Å². The van der Waals surface area contributed by atoms with Gasteiger partial charge in [0.15, 0.2) is 5.76 Å². The van der Waals surface area contributed by atoms with Crippen LogP contribution in [0.3, 0.4) is 0 Å². The fourth-order valence-electron chi connectivity index (χ4n) is 3.52. The van der Waals surface area contributed by atoms with E-state index in [0.29, 0.717) is 17.7 Å². The number of aryl methyl sites for hydroxylation is 1. The van der Waals surface area contributed by atoms with Crippen molar-refractivity contribution in [1.29, 1.82) is 0 Å². The minimum atomic E-state index is -0.359. The molecular weight excluding hydrogens is 400 g/mol. The SMILES string of the molecule is Cc1ccc(C(=O)N[C@@H](Cc2ccccc2)c2ccccc2)cc1NC(=O)c1ccco1. The third kappa shape index (κ3) is 5.13. The Kier molecular flexibility index (Phi) is 6.46. The summed E-state index contributed by atoms with van der Waals surface area (Å²) in [7, 11) is 0. The van der Waals surface area contributed by atoms with E-state index in [2.05, 4.69) is 22.8 Å². The maximum atomic E-state index is 13.2. The van der Waals surface area contributed by atoms with Crippen LogP contribution < -0.4 is 10.6 Å². The first kappa shape index (κ1) is 21.1. The molecule has 2 N–H and O–H groups in total. The largest absolute Gasteiger partial charge is 0.459 e. The van der Waals surface area contributed by atoms with Gasteiger partial charge in [0.25, 0.3) is 11.8 Å². The number of anilines is 1. The monoisotopic (exact) mass is 424 g/mol. The molecule has 0 spiro atoms. The van der Waals surface area contributed by atoms with E-state index >= 15 is 0 Å². The van der Waals surface area contributed by atoms with E-state index in [4.69, 9.17) is 4.42 Å². The highest BCUT2D eigenvalue weighted by molar-refractivity contribution is 6.04. The van der Waals surface area contributed by atoms with Gasteiger partial charge in [-0.15, -0.1) is 0 Å². The Morgan fingerprint density at radius 1 is 0.844 bits per heavy atom. The normalized spacial score (nSPS) is 11.5. The smallest absolute Gasteiger partial charge is 0.291 e. The van der Waals surface area contributed by atoms with Gasteiger partial charge in [-0.05, 0) is 54.3 Å². The van der Waals surface area contributed by atoms with Crippen molar-refractivity contribution in [2.75, 3.05) is 5.32 Å². The first-order valence-electron chi connectivity index (χ1n) is 10.5. The summed E-state index contributed by atoms with van der Waals surface area (Å²) < 4.78 is 5.15. The number of rotatable bonds is 7. The molecule has 1 atom stereocenters. The molecule has 0 saturated carbocycles. The van der Waals surface area contributed by atoms with E-state index in [-0.39, 0.29) is 23.6 Å². The number of hydrogen-bond acceptors (Lipinski definition) is 3. The maximum absolute atomic E-state index is 13.2. The van der Waals surface area contributed by atoms with E-state index in [1.54, 1.807) is 24.3 Å². The molecule has 5 heteroatoms. The van der Waals surface area contributed by atoms with Crippen molar-refractivity contribution < 1.29 is 14.0 Å². The lowest BCUT2D eigenvalue weighted by atomic mass is 9.98. The van der Waals surface area contributed by atoms with Gasteiger partial charge < -0.3 is 15.1 Å². The third-order valence-corrected chi connectivity index (χ3v) is 5.28.